The average molecular weight is 292 g/mol. The van der Waals surface area contributed by atoms with Crippen molar-refractivity contribution in [2.75, 3.05) is 38.3 Å². The van der Waals surface area contributed by atoms with Crippen LogP contribution < -0.4 is 10.2 Å². The minimum absolute atomic E-state index is 0.179. The summed E-state index contributed by atoms with van der Waals surface area (Å²) in [6.45, 7) is 8.07. The van der Waals surface area contributed by atoms with Gasteiger partial charge in [-0.1, -0.05) is 13.0 Å². The van der Waals surface area contributed by atoms with Crippen molar-refractivity contribution in [3.8, 4) is 5.75 Å². The molecular formula is C17H28N2O2. The topological polar surface area (TPSA) is 44.7 Å². The highest BCUT2D eigenvalue weighted by Crippen LogP contribution is 2.31. The summed E-state index contributed by atoms with van der Waals surface area (Å²) in [5, 5.41) is 13.7. The number of anilines is 1. The molecular weight excluding hydrogens is 264 g/mol. The molecule has 0 spiro atoms. The van der Waals surface area contributed by atoms with E-state index in [0.29, 0.717) is 11.7 Å². The quantitative estimate of drug-likeness (QED) is 0.811. The van der Waals surface area contributed by atoms with Crippen molar-refractivity contribution in [2.24, 2.45) is 5.92 Å². The van der Waals surface area contributed by atoms with E-state index < -0.39 is 0 Å². The first-order valence-electron chi connectivity index (χ1n) is 7.95. The van der Waals surface area contributed by atoms with Crippen LogP contribution in [-0.4, -0.2) is 38.5 Å². The Hall–Kier alpha value is -1.26. The molecule has 0 saturated carbocycles. The number of aromatic hydroxyl groups is 1. The second-order valence-corrected chi connectivity index (χ2v) is 5.97. The van der Waals surface area contributed by atoms with Crippen LogP contribution in [0, 0.1) is 5.92 Å². The third-order valence-corrected chi connectivity index (χ3v) is 4.23. The van der Waals surface area contributed by atoms with Gasteiger partial charge in [0.05, 0.1) is 6.61 Å². The van der Waals surface area contributed by atoms with Crippen molar-refractivity contribution in [2.45, 2.75) is 32.7 Å². The van der Waals surface area contributed by atoms with Gasteiger partial charge < -0.3 is 20.1 Å². The van der Waals surface area contributed by atoms with E-state index in [-0.39, 0.29) is 6.04 Å². The number of rotatable bonds is 7. The van der Waals surface area contributed by atoms with E-state index in [1.807, 2.05) is 12.1 Å². The van der Waals surface area contributed by atoms with Gasteiger partial charge in [-0.25, -0.2) is 0 Å². The van der Waals surface area contributed by atoms with E-state index in [4.69, 9.17) is 4.74 Å². The number of phenols is 1. The van der Waals surface area contributed by atoms with Crippen LogP contribution in [0.15, 0.2) is 18.2 Å². The van der Waals surface area contributed by atoms with E-state index in [1.54, 1.807) is 7.11 Å². The zero-order chi connectivity index (χ0) is 15.2. The fourth-order valence-electron chi connectivity index (χ4n) is 3.00. The van der Waals surface area contributed by atoms with E-state index >= 15 is 0 Å². The summed E-state index contributed by atoms with van der Waals surface area (Å²) in [5.41, 5.74) is 2.08. The first kappa shape index (κ1) is 16.1. The molecule has 1 heterocycles. The molecule has 0 amide bonds. The summed E-state index contributed by atoms with van der Waals surface area (Å²) < 4.78 is 5.24. The molecule has 1 aliphatic rings. The largest absolute Gasteiger partial charge is 0.508 e. The Balaban J connectivity index is 2.02. The van der Waals surface area contributed by atoms with Crippen molar-refractivity contribution in [1.82, 2.24) is 5.32 Å². The van der Waals surface area contributed by atoms with Gasteiger partial charge in [-0.15, -0.1) is 0 Å². The number of methoxy groups -OCH3 is 1. The van der Waals surface area contributed by atoms with E-state index in [1.165, 1.54) is 0 Å². The van der Waals surface area contributed by atoms with E-state index in [9.17, 15) is 5.11 Å². The highest BCUT2D eigenvalue weighted by molar-refractivity contribution is 5.54. The fraction of sp³-hybridized carbons (Fsp3) is 0.647. The molecule has 118 valence electrons. The van der Waals surface area contributed by atoms with Crippen LogP contribution in [0.2, 0.25) is 0 Å². The molecule has 0 aromatic heterocycles. The predicted molar refractivity (Wildman–Crippen MR) is 87.0 cm³/mol. The molecule has 2 rings (SSSR count). The number of hydrogen-bond acceptors (Lipinski definition) is 4. The van der Waals surface area contributed by atoms with Gasteiger partial charge in [0.25, 0.3) is 0 Å². The highest BCUT2D eigenvalue weighted by atomic mass is 16.5. The number of ether oxygens (including phenoxy) is 1. The molecule has 1 aromatic carbocycles. The lowest BCUT2D eigenvalue weighted by atomic mass is 10.1. The highest BCUT2D eigenvalue weighted by Gasteiger charge is 2.23. The Morgan fingerprint density at radius 1 is 1.48 bits per heavy atom. The molecule has 2 N–H and O–H groups in total. The Labute approximate surface area is 128 Å². The summed E-state index contributed by atoms with van der Waals surface area (Å²) in [6.07, 6.45) is 2.25. The maximum Gasteiger partial charge on any atom is 0.122 e. The van der Waals surface area contributed by atoms with Gasteiger partial charge in [-0.05, 0) is 32.4 Å². The van der Waals surface area contributed by atoms with Gasteiger partial charge in [0, 0.05) is 49.5 Å². The zero-order valence-corrected chi connectivity index (χ0v) is 13.4. The molecule has 2 atom stereocenters. The molecule has 1 saturated heterocycles. The summed E-state index contributed by atoms with van der Waals surface area (Å²) in [4.78, 5) is 2.33. The van der Waals surface area contributed by atoms with Gasteiger partial charge >= 0.3 is 0 Å². The Bertz CT molecular complexity index is 450. The number of phenolic OH excluding ortho intramolecular Hbond substituents is 1. The van der Waals surface area contributed by atoms with Crippen molar-refractivity contribution in [3.05, 3.63) is 23.8 Å². The Morgan fingerprint density at radius 3 is 2.95 bits per heavy atom. The standard InChI is InChI=1S/C17H28N2O2/c1-4-8-18-13(2)16-6-5-15(10-17(16)20)19-9-7-14(11-19)12-21-3/h5-6,10,13-14,18,20H,4,7-9,11-12H2,1-3H3. The van der Waals surface area contributed by atoms with Crippen LogP contribution in [0.25, 0.3) is 0 Å². The third-order valence-electron chi connectivity index (χ3n) is 4.23. The average Bonchev–Trinajstić information content (AvgIpc) is 2.93. The molecule has 1 fully saturated rings. The summed E-state index contributed by atoms with van der Waals surface area (Å²) in [5.74, 6) is 0.987. The molecule has 4 nitrogen and oxygen atoms in total. The van der Waals surface area contributed by atoms with Gasteiger partial charge in [-0.2, -0.15) is 0 Å². The SMILES string of the molecule is CCCNC(C)c1ccc(N2CCC(COC)C2)cc1O. The lowest BCUT2D eigenvalue weighted by Gasteiger charge is -2.21. The molecule has 1 aliphatic heterocycles. The molecule has 0 aliphatic carbocycles. The lowest BCUT2D eigenvalue weighted by Crippen LogP contribution is -2.22. The lowest BCUT2D eigenvalue weighted by molar-refractivity contribution is 0.161. The van der Waals surface area contributed by atoms with Crippen molar-refractivity contribution < 1.29 is 9.84 Å². The molecule has 0 bridgehead atoms. The van der Waals surface area contributed by atoms with Gasteiger partial charge in [0.15, 0.2) is 0 Å². The summed E-state index contributed by atoms with van der Waals surface area (Å²) >= 11 is 0. The van der Waals surface area contributed by atoms with Gasteiger partial charge in [0.1, 0.15) is 5.75 Å². The summed E-state index contributed by atoms with van der Waals surface area (Å²) in [6, 6.07) is 6.24. The monoisotopic (exact) mass is 292 g/mol. The number of nitrogens with one attached hydrogen (secondary N) is 1. The normalized spacial score (nSPS) is 20.0. The molecule has 1 aromatic rings. The van der Waals surface area contributed by atoms with Crippen LogP contribution in [-0.2, 0) is 4.74 Å². The van der Waals surface area contributed by atoms with E-state index in [0.717, 1.165) is 50.3 Å². The van der Waals surface area contributed by atoms with Crippen LogP contribution in [0.4, 0.5) is 5.69 Å². The second kappa shape index (κ2) is 7.66. The zero-order valence-electron chi connectivity index (χ0n) is 13.4. The second-order valence-electron chi connectivity index (χ2n) is 5.97. The van der Waals surface area contributed by atoms with Crippen LogP contribution in [0.1, 0.15) is 38.3 Å². The van der Waals surface area contributed by atoms with Gasteiger partial charge in [-0.3, -0.25) is 0 Å². The van der Waals surface area contributed by atoms with Crippen molar-refractivity contribution in [1.29, 1.82) is 0 Å². The fourth-order valence-corrected chi connectivity index (χ4v) is 3.00. The summed E-state index contributed by atoms with van der Waals surface area (Å²) in [7, 11) is 1.76. The molecule has 21 heavy (non-hydrogen) atoms. The first-order chi connectivity index (χ1) is 10.2. The van der Waals surface area contributed by atoms with E-state index in [2.05, 4.69) is 30.1 Å². The van der Waals surface area contributed by atoms with Crippen LogP contribution >= 0.6 is 0 Å². The number of nitrogens with zero attached hydrogens (tertiary/aromatic N) is 1. The van der Waals surface area contributed by atoms with Crippen LogP contribution in [0.5, 0.6) is 5.75 Å². The molecule has 2 unspecified atom stereocenters. The minimum Gasteiger partial charge on any atom is -0.508 e. The maximum atomic E-state index is 10.3. The predicted octanol–water partition coefficient (Wildman–Crippen LogP) is 2.93. The third kappa shape index (κ3) is 4.11. The smallest absolute Gasteiger partial charge is 0.122 e. The first-order valence-corrected chi connectivity index (χ1v) is 7.95. The molecule has 4 heteroatoms. The van der Waals surface area contributed by atoms with Gasteiger partial charge in [0.2, 0.25) is 0 Å². The van der Waals surface area contributed by atoms with Crippen LogP contribution in [0.3, 0.4) is 0 Å². The number of hydrogen-bond donors (Lipinski definition) is 2. The van der Waals surface area contributed by atoms with Crippen molar-refractivity contribution >= 4 is 5.69 Å². The Morgan fingerprint density at radius 2 is 2.29 bits per heavy atom. The minimum atomic E-state index is 0.179. The number of benzene rings is 1. The maximum absolute atomic E-state index is 10.3. The van der Waals surface area contributed by atoms with Crippen molar-refractivity contribution in [3.63, 3.8) is 0 Å². The Kier molecular flexibility index (Phi) is 5.88. The molecule has 0 radical (unpaired) electrons.